The highest BCUT2D eigenvalue weighted by Crippen LogP contribution is 2.61. The van der Waals surface area contributed by atoms with Crippen molar-refractivity contribution in [1.82, 2.24) is 0 Å². The number of hydrogen-bond donors (Lipinski definition) is 3. The van der Waals surface area contributed by atoms with E-state index in [2.05, 4.69) is 9.47 Å². The minimum Gasteiger partial charge on any atom is -0.459 e. The number of aliphatic hydroxyl groups is 3. The van der Waals surface area contributed by atoms with Gasteiger partial charge >= 0.3 is 73.1 Å². The van der Waals surface area contributed by atoms with Gasteiger partial charge < -0.3 is 24.8 Å². The Morgan fingerprint density at radius 1 is 0.437 bits per heavy atom. The molecule has 0 aromatic rings. The van der Waals surface area contributed by atoms with Gasteiger partial charge in [0.2, 0.25) is 0 Å². The maximum Gasteiger partial charge on any atom is 0.437 e. The van der Waals surface area contributed by atoms with Crippen LogP contribution in [0.25, 0.3) is 0 Å². The van der Waals surface area contributed by atoms with Crippen molar-refractivity contribution in [3.05, 3.63) is 0 Å². The van der Waals surface area contributed by atoms with Crippen LogP contribution in [0.3, 0.4) is 0 Å². The first kappa shape index (κ1) is 65.9. The van der Waals surface area contributed by atoms with E-state index in [1.54, 1.807) is 0 Å². The molecule has 0 bridgehead atoms. The van der Waals surface area contributed by atoms with Gasteiger partial charge in [-0.2, -0.15) is 119 Å². The van der Waals surface area contributed by atoms with Crippen LogP contribution in [0.15, 0.2) is 0 Å². The monoisotopic (exact) mass is 1110 g/mol. The number of esters is 2. The number of rotatable bonds is 10. The molecule has 0 aliphatic heterocycles. The van der Waals surface area contributed by atoms with Crippen LogP contribution < -0.4 is 0 Å². The summed E-state index contributed by atoms with van der Waals surface area (Å²) < 4.78 is 370. The lowest BCUT2D eigenvalue weighted by atomic mass is 9.62. The van der Waals surface area contributed by atoms with Crippen molar-refractivity contribution in [3.8, 4) is 0 Å². The van der Waals surface area contributed by atoms with Gasteiger partial charge in [0.25, 0.3) is 11.2 Å². The van der Waals surface area contributed by atoms with E-state index in [1.165, 1.54) is 0 Å². The molecule has 0 amide bonds. The van der Waals surface area contributed by atoms with Gasteiger partial charge in [-0.3, -0.25) is 9.59 Å². The Balaban J connectivity index is 0.000000710. The van der Waals surface area contributed by atoms with Crippen molar-refractivity contribution in [2.24, 2.45) is 34.5 Å². The average molecular weight is 1110 g/mol. The van der Waals surface area contributed by atoms with E-state index < -0.39 is 188 Å². The molecule has 0 heterocycles. The predicted molar refractivity (Wildman–Crippen MR) is 181 cm³/mol. The molecule has 422 valence electrons. The smallest absolute Gasteiger partial charge is 0.437 e. The summed E-state index contributed by atoms with van der Waals surface area (Å²) in [6, 6.07) is 0. The molecule has 0 radical (unpaired) electrons. The summed E-state index contributed by atoms with van der Waals surface area (Å²) in [4.78, 5) is 24.5. The van der Waals surface area contributed by atoms with E-state index in [0.29, 0.717) is 20.8 Å². The lowest BCUT2D eigenvalue weighted by molar-refractivity contribution is -0.401. The van der Waals surface area contributed by atoms with Gasteiger partial charge in [-0.25, -0.2) is 0 Å². The number of ether oxygens (including phenoxy) is 2. The third-order valence-electron chi connectivity index (χ3n) is 13.5. The van der Waals surface area contributed by atoms with Crippen LogP contribution in [0, 0.1) is 34.5 Å². The number of halogens is 27. The molecule has 0 aromatic carbocycles. The molecule has 6 atom stereocenters. The Bertz CT molecular complexity index is 1790. The number of carbonyl (C=O) groups is 2. The van der Waals surface area contributed by atoms with Crippen molar-refractivity contribution in [3.63, 3.8) is 0 Å². The molecule has 2 saturated carbocycles. The largest absolute Gasteiger partial charge is 0.459 e. The fourth-order valence-corrected chi connectivity index (χ4v) is 8.20. The van der Waals surface area contributed by atoms with E-state index in [-0.39, 0.29) is 13.8 Å². The Kier molecular flexibility index (Phi) is 18.2. The van der Waals surface area contributed by atoms with Crippen LogP contribution in [0.4, 0.5) is 119 Å². The zero-order valence-electron chi connectivity index (χ0n) is 36.9. The second kappa shape index (κ2) is 19.6. The Morgan fingerprint density at radius 2 is 0.732 bits per heavy atom. The SMILES string of the molecule is CCC(C)(C(=O)OC(C1CCC(C(O)(C(F)(F)F)C(F)(F)F)CC1)(C(F)(F)F)C(F)(F)F)C(F)(F)F.CCC(C)(C(=O)OC1(C)CC(C(C)(O)C(F)(F)F)CC(C(O)(C(F)(F)F)C(F)(F)F)C1)C(F)(F)F. The molecule has 2 rings (SSSR count). The predicted octanol–water partition coefficient (Wildman–Crippen LogP) is 12.9. The third kappa shape index (κ3) is 11.9. The normalized spacial score (nSPS) is 26.0. The fourth-order valence-electron chi connectivity index (χ4n) is 8.20. The first-order valence-electron chi connectivity index (χ1n) is 20.0. The van der Waals surface area contributed by atoms with Gasteiger partial charge in [-0.05, 0) is 85.5 Å². The summed E-state index contributed by atoms with van der Waals surface area (Å²) in [5.41, 5.74) is -30.7. The van der Waals surface area contributed by atoms with E-state index in [1.807, 2.05) is 0 Å². The molecule has 34 heteroatoms. The van der Waals surface area contributed by atoms with Gasteiger partial charge in [-0.15, -0.1) is 0 Å². The molecular formula is C37H43F27O7. The summed E-state index contributed by atoms with van der Waals surface area (Å²) in [6.45, 7) is 2.40. The van der Waals surface area contributed by atoms with Gasteiger partial charge in [0.1, 0.15) is 5.60 Å². The van der Waals surface area contributed by atoms with Crippen LogP contribution >= 0.6 is 0 Å². The van der Waals surface area contributed by atoms with Gasteiger partial charge in [0, 0.05) is 23.7 Å². The number of hydrogen-bond acceptors (Lipinski definition) is 7. The average Bonchev–Trinajstić information content (AvgIpc) is 3.14. The van der Waals surface area contributed by atoms with Crippen LogP contribution in [-0.4, -0.2) is 111 Å². The molecule has 7 nitrogen and oxygen atoms in total. The molecule has 0 aromatic heterocycles. The molecule has 0 spiro atoms. The second-order valence-electron chi connectivity index (χ2n) is 18.1. The van der Waals surface area contributed by atoms with Crippen LogP contribution in [-0.2, 0) is 19.1 Å². The number of carbonyl (C=O) groups excluding carboxylic acids is 2. The summed E-state index contributed by atoms with van der Waals surface area (Å²) in [5, 5.41) is 29.1. The summed E-state index contributed by atoms with van der Waals surface area (Å²) in [5.74, 6) is -16.9. The number of alkyl halides is 27. The van der Waals surface area contributed by atoms with Gasteiger partial charge in [-0.1, -0.05) is 13.8 Å². The molecule has 6 unspecified atom stereocenters. The first-order valence-corrected chi connectivity index (χ1v) is 20.0. The molecule has 0 saturated heterocycles. The van der Waals surface area contributed by atoms with Crippen molar-refractivity contribution in [2.75, 3.05) is 0 Å². The van der Waals surface area contributed by atoms with Crippen molar-refractivity contribution in [2.45, 2.75) is 183 Å². The minimum absolute atomic E-state index is 0.0312. The van der Waals surface area contributed by atoms with E-state index >= 15 is 0 Å². The highest BCUT2D eigenvalue weighted by atomic mass is 19.5. The van der Waals surface area contributed by atoms with Crippen molar-refractivity contribution < 1.29 is 153 Å². The molecule has 2 fully saturated rings. The lowest BCUT2D eigenvalue weighted by Crippen LogP contribution is -2.67. The van der Waals surface area contributed by atoms with Crippen LogP contribution in [0.2, 0.25) is 0 Å². The van der Waals surface area contributed by atoms with Gasteiger partial charge in [0.05, 0.1) is 0 Å². The van der Waals surface area contributed by atoms with E-state index in [9.17, 15) is 143 Å². The molecule has 2 aliphatic carbocycles. The Hall–Kier alpha value is -3.07. The Labute approximate surface area is 382 Å². The summed E-state index contributed by atoms with van der Waals surface area (Å²) in [7, 11) is 0. The maximum absolute atomic E-state index is 13.8. The summed E-state index contributed by atoms with van der Waals surface area (Å²) in [6.07, 6.45) is -69.6. The van der Waals surface area contributed by atoms with Crippen molar-refractivity contribution in [1.29, 1.82) is 0 Å². The first-order chi connectivity index (χ1) is 30.8. The molecule has 3 N–H and O–H groups in total. The quantitative estimate of drug-likeness (QED) is 0.148. The standard InChI is InChI=1S/C19H24F12O4.C18H19F15O3/c1-5-13(3,16(20,21)22)11(32)35-12(2)7-9(14(4,33)17(23,24)25)6-10(8-12)15(34,18(26,27)28)19(29,30)31;1-3-11(2,14(19,20)21)10(34)36-13(17(28,29)30,18(31,32)33)9-6-4-8(5-7-9)12(35,15(22,23)24)16(25,26)27/h9-10,33-34H,5-8H2,1-4H3;8-9,35H,3-7H2,1-2H3. The topological polar surface area (TPSA) is 113 Å². The zero-order chi connectivity index (χ0) is 57.2. The summed E-state index contributed by atoms with van der Waals surface area (Å²) >= 11 is 0. The van der Waals surface area contributed by atoms with Crippen LogP contribution in [0.1, 0.15) is 99.3 Å². The van der Waals surface area contributed by atoms with E-state index in [0.717, 1.165) is 6.92 Å². The lowest BCUT2D eigenvalue weighted by Gasteiger charge is -2.51. The molecule has 2 aliphatic rings. The highest BCUT2D eigenvalue weighted by Gasteiger charge is 2.81. The zero-order valence-corrected chi connectivity index (χ0v) is 36.9. The van der Waals surface area contributed by atoms with Crippen molar-refractivity contribution >= 4 is 11.9 Å². The fraction of sp³-hybridized carbons (Fsp3) is 0.946. The molecular weight excluding hydrogens is 1070 g/mol. The second-order valence-corrected chi connectivity index (χ2v) is 18.1. The minimum atomic E-state index is -6.68. The Morgan fingerprint density at radius 3 is 1.01 bits per heavy atom. The third-order valence-corrected chi connectivity index (χ3v) is 13.5. The van der Waals surface area contributed by atoms with Gasteiger partial charge in [0.15, 0.2) is 16.4 Å². The highest BCUT2D eigenvalue weighted by molar-refractivity contribution is 5.78. The maximum atomic E-state index is 13.8. The van der Waals surface area contributed by atoms with Crippen LogP contribution in [0.5, 0.6) is 0 Å². The molecule has 71 heavy (non-hydrogen) atoms. The van der Waals surface area contributed by atoms with E-state index in [4.69, 9.17) is 0 Å².